The number of nitrogens with two attached hydrogens (primary N) is 1. The number of nitrogens with zero attached hydrogens (tertiary/aromatic N) is 1. The molecule has 0 aromatic carbocycles. The van der Waals surface area contributed by atoms with Crippen molar-refractivity contribution in [2.45, 2.75) is 30.5 Å². The monoisotopic (exact) mass is 168 g/mol. The van der Waals surface area contributed by atoms with Crippen LogP contribution in [0.2, 0.25) is 0 Å². The molecule has 3 aliphatic rings. The van der Waals surface area contributed by atoms with E-state index in [2.05, 4.69) is 4.90 Å². The molecular formula is C8H12N2O2. The van der Waals surface area contributed by atoms with E-state index in [0.29, 0.717) is 0 Å². The largest absolute Gasteiger partial charge is 0.426 e. The van der Waals surface area contributed by atoms with Crippen LogP contribution >= 0.6 is 0 Å². The number of carbonyl (C=O) groups excluding carboxylic acids is 1. The first-order valence-electron chi connectivity index (χ1n) is 4.36. The van der Waals surface area contributed by atoms with Gasteiger partial charge in [0, 0.05) is 6.42 Å². The number of carbonyl (C=O) groups is 1. The fourth-order valence-corrected chi connectivity index (χ4v) is 3.29. The first-order valence-corrected chi connectivity index (χ1v) is 4.36. The number of likely N-dealkylation sites (tertiary alicyclic amines) is 1. The van der Waals surface area contributed by atoms with Crippen LogP contribution in [-0.2, 0) is 4.74 Å². The van der Waals surface area contributed by atoms with Gasteiger partial charge in [-0.25, -0.2) is 4.79 Å². The molecule has 3 rings (SSSR count). The molecule has 2 N–H and O–H groups in total. The molecule has 3 fully saturated rings. The summed E-state index contributed by atoms with van der Waals surface area (Å²) in [5.74, 6) is 0.766. The summed E-state index contributed by atoms with van der Waals surface area (Å²) in [5.41, 5.74) is 4.97. The normalized spacial score (nSPS) is 58.8. The zero-order valence-corrected chi connectivity index (χ0v) is 7.04. The number of rotatable bonds is 1. The van der Waals surface area contributed by atoms with E-state index in [-0.39, 0.29) is 11.3 Å². The second kappa shape index (κ2) is 1.48. The fourth-order valence-electron chi connectivity index (χ4n) is 3.29. The molecule has 1 amide bonds. The highest BCUT2D eigenvalue weighted by Crippen LogP contribution is 2.78. The summed E-state index contributed by atoms with van der Waals surface area (Å²) in [7, 11) is 2.02. The summed E-state index contributed by atoms with van der Waals surface area (Å²) in [4.78, 5) is 12.8. The third-order valence-electron chi connectivity index (χ3n) is 3.94. The van der Waals surface area contributed by atoms with Gasteiger partial charge in [-0.1, -0.05) is 0 Å². The number of primary amides is 1. The van der Waals surface area contributed by atoms with Crippen molar-refractivity contribution in [2.24, 2.45) is 11.7 Å². The van der Waals surface area contributed by atoms with Crippen LogP contribution in [0.25, 0.3) is 0 Å². The van der Waals surface area contributed by atoms with E-state index in [4.69, 9.17) is 10.5 Å². The van der Waals surface area contributed by atoms with Crippen LogP contribution < -0.4 is 5.73 Å². The Morgan fingerprint density at radius 2 is 2.50 bits per heavy atom. The Labute approximate surface area is 70.7 Å². The number of hydrogen-bond acceptors (Lipinski definition) is 3. The molecule has 2 aliphatic carbocycles. The minimum absolute atomic E-state index is 0.224. The van der Waals surface area contributed by atoms with E-state index in [9.17, 15) is 4.79 Å². The quantitative estimate of drug-likeness (QED) is 0.572. The maximum absolute atomic E-state index is 10.7. The number of ether oxygens (including phenoxy) is 1. The van der Waals surface area contributed by atoms with Gasteiger partial charge in [0.05, 0.1) is 5.54 Å². The minimum Gasteiger partial charge on any atom is -0.426 e. The van der Waals surface area contributed by atoms with Crippen LogP contribution in [0, 0.1) is 5.92 Å². The topological polar surface area (TPSA) is 55.3 Å². The summed E-state index contributed by atoms with van der Waals surface area (Å²) in [6.45, 7) is 0. The molecule has 2 saturated carbocycles. The van der Waals surface area contributed by atoms with E-state index in [0.717, 1.165) is 12.3 Å². The molecule has 66 valence electrons. The van der Waals surface area contributed by atoms with Crippen molar-refractivity contribution in [3.63, 3.8) is 0 Å². The number of amides is 1. The van der Waals surface area contributed by atoms with Gasteiger partial charge < -0.3 is 10.5 Å². The number of likely N-dealkylation sites (N-methyl/N-ethyl adjacent to an activating group) is 1. The zero-order valence-electron chi connectivity index (χ0n) is 7.04. The molecule has 12 heavy (non-hydrogen) atoms. The maximum Gasteiger partial charge on any atom is 0.406 e. The standard InChI is InChI=1S/C8H12N2O2/c1-10-7-4-5(7)2-3-8(7,10)12-6(9)11/h5H,2-4H2,1H3,(H2,9,11). The molecule has 0 aromatic rings. The van der Waals surface area contributed by atoms with Crippen LogP contribution in [0.1, 0.15) is 19.3 Å². The predicted molar refractivity (Wildman–Crippen MR) is 41.2 cm³/mol. The van der Waals surface area contributed by atoms with Crippen LogP contribution in [0.5, 0.6) is 0 Å². The first kappa shape index (κ1) is 6.71. The van der Waals surface area contributed by atoms with Gasteiger partial charge in [-0.2, -0.15) is 0 Å². The van der Waals surface area contributed by atoms with Crippen molar-refractivity contribution in [3.8, 4) is 0 Å². The Bertz CT molecular complexity index is 280. The molecule has 0 aromatic heterocycles. The third kappa shape index (κ3) is 0.428. The lowest BCUT2D eigenvalue weighted by Crippen LogP contribution is -2.28. The number of piperidine rings is 1. The highest BCUT2D eigenvalue weighted by molar-refractivity contribution is 5.67. The molecule has 4 atom stereocenters. The lowest BCUT2D eigenvalue weighted by molar-refractivity contribution is 0.0528. The summed E-state index contributed by atoms with van der Waals surface area (Å²) in [5, 5.41) is 0. The maximum atomic E-state index is 10.7. The van der Waals surface area contributed by atoms with Gasteiger partial charge in [-0.05, 0) is 25.8 Å². The van der Waals surface area contributed by atoms with Gasteiger partial charge >= 0.3 is 6.09 Å². The highest BCUT2D eigenvalue weighted by Gasteiger charge is 2.90. The average Bonchev–Trinajstić information content (AvgIpc) is 2.78. The van der Waals surface area contributed by atoms with Crippen LogP contribution in [0.4, 0.5) is 4.79 Å². The smallest absolute Gasteiger partial charge is 0.406 e. The Balaban J connectivity index is 1.89. The summed E-state index contributed by atoms with van der Waals surface area (Å²) < 4.78 is 5.19. The van der Waals surface area contributed by atoms with Gasteiger partial charge in [0.2, 0.25) is 0 Å². The molecule has 1 heterocycles. The van der Waals surface area contributed by atoms with Crippen LogP contribution in [0.3, 0.4) is 0 Å². The van der Waals surface area contributed by atoms with E-state index < -0.39 is 6.09 Å². The van der Waals surface area contributed by atoms with Gasteiger partial charge in [0.1, 0.15) is 0 Å². The lowest BCUT2D eigenvalue weighted by Gasteiger charge is -2.13. The molecule has 0 bridgehead atoms. The molecule has 4 heteroatoms. The summed E-state index contributed by atoms with van der Waals surface area (Å²) >= 11 is 0. The Morgan fingerprint density at radius 3 is 2.92 bits per heavy atom. The summed E-state index contributed by atoms with van der Waals surface area (Å²) in [6.07, 6.45) is 2.72. The van der Waals surface area contributed by atoms with Crippen molar-refractivity contribution in [2.75, 3.05) is 7.05 Å². The summed E-state index contributed by atoms with van der Waals surface area (Å²) in [6, 6.07) is 0. The van der Waals surface area contributed by atoms with E-state index in [1.165, 1.54) is 12.8 Å². The second-order valence-electron chi connectivity index (χ2n) is 4.13. The van der Waals surface area contributed by atoms with Crippen molar-refractivity contribution in [3.05, 3.63) is 0 Å². The Hall–Kier alpha value is -0.770. The van der Waals surface area contributed by atoms with E-state index in [1.807, 2.05) is 7.05 Å². The molecule has 0 radical (unpaired) electrons. The van der Waals surface area contributed by atoms with Crippen LogP contribution in [-0.4, -0.2) is 29.3 Å². The SMILES string of the molecule is CN1C2(OC(N)=O)CCC3CC312. The van der Waals surface area contributed by atoms with E-state index in [1.54, 1.807) is 0 Å². The molecule has 4 unspecified atom stereocenters. The van der Waals surface area contributed by atoms with Gasteiger partial charge in [0.25, 0.3) is 0 Å². The van der Waals surface area contributed by atoms with Crippen molar-refractivity contribution in [1.29, 1.82) is 0 Å². The zero-order chi connectivity index (χ0) is 8.56. The molecule has 1 saturated heterocycles. The Kier molecular flexibility index (Phi) is 0.831. The highest BCUT2D eigenvalue weighted by atomic mass is 16.6. The van der Waals surface area contributed by atoms with Crippen LogP contribution in [0.15, 0.2) is 0 Å². The van der Waals surface area contributed by atoms with Crippen molar-refractivity contribution in [1.82, 2.24) is 4.90 Å². The number of hydrogen-bond donors (Lipinski definition) is 1. The third-order valence-corrected chi connectivity index (χ3v) is 3.94. The van der Waals surface area contributed by atoms with Gasteiger partial charge in [-0.15, -0.1) is 0 Å². The molecule has 1 spiro atoms. The molecular weight excluding hydrogens is 156 g/mol. The fraction of sp³-hybridized carbons (Fsp3) is 0.875. The second-order valence-corrected chi connectivity index (χ2v) is 4.13. The van der Waals surface area contributed by atoms with Crippen molar-refractivity contribution < 1.29 is 9.53 Å². The van der Waals surface area contributed by atoms with Gasteiger partial charge in [-0.3, -0.25) is 4.90 Å². The molecule has 1 aliphatic heterocycles. The van der Waals surface area contributed by atoms with E-state index >= 15 is 0 Å². The molecule has 4 nitrogen and oxygen atoms in total. The average molecular weight is 168 g/mol. The van der Waals surface area contributed by atoms with Gasteiger partial charge in [0.15, 0.2) is 5.72 Å². The lowest BCUT2D eigenvalue weighted by atomic mass is 10.2. The first-order chi connectivity index (χ1) is 5.63. The minimum atomic E-state index is -0.633. The van der Waals surface area contributed by atoms with Crippen molar-refractivity contribution >= 4 is 6.09 Å². The Morgan fingerprint density at radius 1 is 1.75 bits per heavy atom. The predicted octanol–water partition coefficient (Wildman–Crippen LogP) is 0.276.